The van der Waals surface area contributed by atoms with Crippen LogP contribution in [0.4, 0.5) is 0 Å². The average Bonchev–Trinajstić information content (AvgIpc) is 2.65. The molecular weight excluding hydrogens is 200 g/mol. The van der Waals surface area contributed by atoms with Gasteiger partial charge in [0, 0.05) is 29.5 Å². The molecule has 16 heavy (non-hydrogen) atoms. The van der Waals surface area contributed by atoms with Gasteiger partial charge in [0.1, 0.15) is 0 Å². The number of aromatic nitrogens is 1. The summed E-state index contributed by atoms with van der Waals surface area (Å²) in [4.78, 5) is 0. The lowest BCUT2D eigenvalue weighted by atomic mass is 9.79. The summed E-state index contributed by atoms with van der Waals surface area (Å²) in [5, 5.41) is 11.7. The van der Waals surface area contributed by atoms with Crippen molar-refractivity contribution in [1.29, 1.82) is 0 Å². The monoisotopic (exact) mass is 222 g/mol. The first-order valence-electron chi connectivity index (χ1n) is 5.95. The van der Waals surface area contributed by atoms with Crippen LogP contribution in [0.3, 0.4) is 0 Å². The second-order valence-corrected chi connectivity index (χ2v) is 6.13. The van der Waals surface area contributed by atoms with Crippen LogP contribution in [0.5, 0.6) is 0 Å². The third-order valence-electron chi connectivity index (χ3n) is 3.67. The van der Waals surface area contributed by atoms with Gasteiger partial charge in [-0.15, -0.1) is 0 Å². The standard InChI is InChI=1S/C13H22N2O/c1-12(2)9-11(14-7-5-6-8-14)10-13(3,4)15(12)16/h5-8,11,16H,9-10H2,1-4H3. The van der Waals surface area contributed by atoms with Crippen molar-refractivity contribution < 1.29 is 5.21 Å². The van der Waals surface area contributed by atoms with Gasteiger partial charge in [-0.3, -0.25) is 0 Å². The highest BCUT2D eigenvalue weighted by atomic mass is 16.5. The largest absolute Gasteiger partial charge is 0.351 e. The molecule has 1 fully saturated rings. The van der Waals surface area contributed by atoms with E-state index in [1.54, 1.807) is 0 Å². The Balaban J connectivity index is 2.26. The zero-order valence-electron chi connectivity index (χ0n) is 10.6. The molecule has 0 bridgehead atoms. The first-order valence-corrected chi connectivity index (χ1v) is 5.95. The number of hydroxylamine groups is 2. The van der Waals surface area contributed by atoms with E-state index in [1.807, 2.05) is 0 Å². The SMILES string of the molecule is CC1(C)CC(n2cccc2)CC(C)(C)N1O. The van der Waals surface area contributed by atoms with Gasteiger partial charge in [-0.25, -0.2) is 0 Å². The van der Waals surface area contributed by atoms with Gasteiger partial charge in [-0.2, -0.15) is 5.06 Å². The highest BCUT2D eigenvalue weighted by molar-refractivity contribution is 5.01. The molecule has 1 aliphatic heterocycles. The van der Waals surface area contributed by atoms with Crippen LogP contribution in [0.2, 0.25) is 0 Å². The Labute approximate surface area is 97.6 Å². The molecule has 90 valence electrons. The van der Waals surface area contributed by atoms with Crippen molar-refractivity contribution >= 4 is 0 Å². The molecule has 0 spiro atoms. The second kappa shape index (κ2) is 3.60. The Morgan fingerprint density at radius 3 is 1.88 bits per heavy atom. The van der Waals surface area contributed by atoms with Crippen LogP contribution in [0, 0.1) is 0 Å². The lowest BCUT2D eigenvalue weighted by Crippen LogP contribution is -2.59. The Morgan fingerprint density at radius 2 is 1.44 bits per heavy atom. The molecule has 0 aromatic carbocycles. The second-order valence-electron chi connectivity index (χ2n) is 6.13. The van der Waals surface area contributed by atoms with Crippen LogP contribution in [-0.4, -0.2) is 25.9 Å². The van der Waals surface area contributed by atoms with E-state index in [-0.39, 0.29) is 11.1 Å². The minimum atomic E-state index is -0.170. The normalized spacial score (nSPS) is 25.8. The van der Waals surface area contributed by atoms with Crippen LogP contribution in [0.1, 0.15) is 46.6 Å². The lowest BCUT2D eigenvalue weighted by Gasteiger charge is -2.51. The van der Waals surface area contributed by atoms with Crippen LogP contribution in [0.25, 0.3) is 0 Å². The topological polar surface area (TPSA) is 28.4 Å². The molecular formula is C13H22N2O. The molecule has 2 heterocycles. The van der Waals surface area contributed by atoms with Crippen molar-refractivity contribution in [2.75, 3.05) is 0 Å². The fourth-order valence-corrected chi connectivity index (χ4v) is 3.02. The van der Waals surface area contributed by atoms with Crippen molar-refractivity contribution in [2.45, 2.75) is 57.7 Å². The van der Waals surface area contributed by atoms with E-state index in [0.29, 0.717) is 6.04 Å². The van der Waals surface area contributed by atoms with Crippen LogP contribution in [-0.2, 0) is 0 Å². The minimum absolute atomic E-state index is 0.170. The van der Waals surface area contributed by atoms with Gasteiger partial charge >= 0.3 is 0 Å². The third kappa shape index (κ3) is 1.89. The Kier molecular flexibility index (Phi) is 2.63. The first-order chi connectivity index (χ1) is 7.33. The molecule has 0 aliphatic carbocycles. The summed E-state index contributed by atoms with van der Waals surface area (Å²) >= 11 is 0. The zero-order valence-corrected chi connectivity index (χ0v) is 10.6. The maximum Gasteiger partial charge on any atom is 0.0430 e. The van der Waals surface area contributed by atoms with Crippen molar-refractivity contribution in [3.05, 3.63) is 24.5 Å². The molecule has 1 aromatic heterocycles. The van der Waals surface area contributed by atoms with Gasteiger partial charge in [-0.05, 0) is 52.7 Å². The minimum Gasteiger partial charge on any atom is -0.351 e. The molecule has 1 N–H and O–H groups in total. The predicted octanol–water partition coefficient (Wildman–Crippen LogP) is 3.07. The quantitative estimate of drug-likeness (QED) is 0.791. The van der Waals surface area contributed by atoms with Crippen molar-refractivity contribution in [3.8, 4) is 0 Å². The summed E-state index contributed by atoms with van der Waals surface area (Å²) in [6.45, 7) is 8.41. The predicted molar refractivity (Wildman–Crippen MR) is 64.5 cm³/mol. The molecule has 3 heteroatoms. The highest BCUT2D eigenvalue weighted by Gasteiger charge is 2.45. The number of piperidine rings is 1. The molecule has 0 atom stereocenters. The number of hydrogen-bond donors (Lipinski definition) is 1. The number of nitrogens with zero attached hydrogens (tertiary/aromatic N) is 2. The maximum atomic E-state index is 10.2. The average molecular weight is 222 g/mol. The van der Waals surface area contributed by atoms with Crippen LogP contribution >= 0.6 is 0 Å². The van der Waals surface area contributed by atoms with E-state index in [4.69, 9.17) is 0 Å². The number of rotatable bonds is 1. The summed E-state index contributed by atoms with van der Waals surface area (Å²) in [5.41, 5.74) is -0.340. The van der Waals surface area contributed by atoms with Gasteiger partial charge in [0.2, 0.25) is 0 Å². The van der Waals surface area contributed by atoms with Crippen molar-refractivity contribution in [1.82, 2.24) is 9.63 Å². The zero-order chi connectivity index (χ0) is 12.0. The molecule has 0 saturated carbocycles. The molecule has 1 aliphatic rings. The summed E-state index contributed by atoms with van der Waals surface area (Å²) < 4.78 is 2.26. The molecule has 1 saturated heterocycles. The first kappa shape index (κ1) is 11.7. The maximum absolute atomic E-state index is 10.2. The van der Waals surface area contributed by atoms with E-state index in [2.05, 4.69) is 56.8 Å². The Bertz CT molecular complexity index is 336. The molecule has 0 amide bonds. The van der Waals surface area contributed by atoms with Gasteiger partial charge in [0.05, 0.1) is 0 Å². The van der Waals surface area contributed by atoms with Crippen molar-refractivity contribution in [3.63, 3.8) is 0 Å². The summed E-state index contributed by atoms with van der Waals surface area (Å²) in [7, 11) is 0. The Morgan fingerprint density at radius 1 is 1.00 bits per heavy atom. The molecule has 0 radical (unpaired) electrons. The molecule has 0 unspecified atom stereocenters. The van der Waals surface area contributed by atoms with E-state index < -0.39 is 0 Å². The van der Waals surface area contributed by atoms with E-state index in [0.717, 1.165) is 12.8 Å². The van der Waals surface area contributed by atoms with Gasteiger partial charge in [0.15, 0.2) is 0 Å². The van der Waals surface area contributed by atoms with E-state index in [1.165, 1.54) is 5.06 Å². The smallest absolute Gasteiger partial charge is 0.0430 e. The third-order valence-corrected chi connectivity index (χ3v) is 3.67. The van der Waals surface area contributed by atoms with E-state index >= 15 is 0 Å². The van der Waals surface area contributed by atoms with Crippen LogP contribution in [0.15, 0.2) is 24.5 Å². The molecule has 3 nitrogen and oxygen atoms in total. The Hall–Kier alpha value is -0.800. The molecule has 1 aromatic rings. The van der Waals surface area contributed by atoms with E-state index in [9.17, 15) is 5.21 Å². The van der Waals surface area contributed by atoms with Gasteiger partial charge in [0.25, 0.3) is 0 Å². The van der Waals surface area contributed by atoms with Crippen molar-refractivity contribution in [2.24, 2.45) is 0 Å². The lowest BCUT2D eigenvalue weighted by molar-refractivity contribution is -0.249. The van der Waals surface area contributed by atoms with Gasteiger partial charge in [-0.1, -0.05) is 0 Å². The fraction of sp³-hybridized carbons (Fsp3) is 0.692. The summed E-state index contributed by atoms with van der Waals surface area (Å²) in [5.74, 6) is 0. The van der Waals surface area contributed by atoms with Gasteiger partial charge < -0.3 is 9.77 Å². The van der Waals surface area contributed by atoms with Crippen LogP contribution < -0.4 is 0 Å². The highest BCUT2D eigenvalue weighted by Crippen LogP contribution is 2.41. The summed E-state index contributed by atoms with van der Waals surface area (Å²) in [6.07, 6.45) is 6.18. The molecule has 2 rings (SSSR count). The fourth-order valence-electron chi connectivity index (χ4n) is 3.02. The number of hydrogen-bond acceptors (Lipinski definition) is 2. The summed E-state index contributed by atoms with van der Waals surface area (Å²) in [6, 6.07) is 4.60.